The third-order valence-electron chi connectivity index (χ3n) is 3.71. The van der Waals surface area contributed by atoms with Crippen LogP contribution < -0.4 is 5.32 Å². The Morgan fingerprint density at radius 2 is 1.78 bits per heavy atom. The molecule has 2 aromatic heterocycles. The topological polar surface area (TPSA) is 59.3 Å². The van der Waals surface area contributed by atoms with Crippen LogP contribution in [0.1, 0.15) is 16.1 Å². The van der Waals surface area contributed by atoms with Gasteiger partial charge in [-0.15, -0.1) is 0 Å². The van der Waals surface area contributed by atoms with Crippen molar-refractivity contribution in [2.75, 3.05) is 0 Å². The van der Waals surface area contributed by atoms with E-state index in [-0.39, 0.29) is 5.91 Å². The number of carbonyl (C=O) groups is 1. The molecule has 0 spiro atoms. The van der Waals surface area contributed by atoms with Crippen LogP contribution in [0, 0.1) is 0 Å². The number of hydrogen-bond acceptors (Lipinski definition) is 3. The molecular weight excluding hydrogens is 288 g/mol. The highest BCUT2D eigenvalue weighted by molar-refractivity contribution is 5.96. The summed E-state index contributed by atoms with van der Waals surface area (Å²) in [6.07, 6.45) is 1.76. The van der Waals surface area contributed by atoms with Gasteiger partial charge in [-0.05, 0) is 23.8 Å². The molecule has 1 amide bonds. The van der Waals surface area contributed by atoms with Gasteiger partial charge in [0, 0.05) is 18.1 Å². The maximum atomic E-state index is 12.3. The Balaban J connectivity index is 1.63. The van der Waals surface area contributed by atoms with Gasteiger partial charge in [0.2, 0.25) is 0 Å². The first-order valence-electron chi connectivity index (χ1n) is 7.37. The first-order valence-corrected chi connectivity index (χ1v) is 7.37. The predicted molar refractivity (Wildman–Crippen MR) is 88.1 cm³/mol. The van der Waals surface area contributed by atoms with Crippen molar-refractivity contribution in [2.24, 2.45) is 0 Å². The zero-order chi connectivity index (χ0) is 15.6. The van der Waals surface area contributed by atoms with Crippen molar-refractivity contribution in [3.8, 4) is 0 Å². The molecule has 4 rings (SSSR count). The maximum Gasteiger partial charge on any atom is 0.270 e. The van der Waals surface area contributed by atoms with Crippen molar-refractivity contribution >= 4 is 22.5 Å². The number of benzene rings is 2. The number of nitrogens with zero attached hydrogens (tertiary/aromatic N) is 3. The van der Waals surface area contributed by atoms with E-state index in [2.05, 4.69) is 15.4 Å². The molecule has 0 aliphatic carbocycles. The SMILES string of the molecule is O=C(NCc1ccccc1)c1ccn2nc3ccccc3c2n1. The van der Waals surface area contributed by atoms with Crippen LogP contribution in [0.3, 0.4) is 0 Å². The number of aromatic nitrogens is 3. The summed E-state index contributed by atoms with van der Waals surface area (Å²) in [4.78, 5) is 16.8. The summed E-state index contributed by atoms with van der Waals surface area (Å²) in [5.74, 6) is -0.193. The second kappa shape index (κ2) is 5.53. The van der Waals surface area contributed by atoms with Crippen LogP contribution in [0.5, 0.6) is 0 Å². The predicted octanol–water partition coefficient (Wildman–Crippen LogP) is 2.81. The molecule has 0 aliphatic heterocycles. The second-order valence-corrected chi connectivity index (χ2v) is 5.27. The highest BCUT2D eigenvalue weighted by atomic mass is 16.1. The second-order valence-electron chi connectivity index (χ2n) is 5.27. The molecule has 0 atom stereocenters. The van der Waals surface area contributed by atoms with Crippen LogP contribution >= 0.6 is 0 Å². The lowest BCUT2D eigenvalue weighted by molar-refractivity contribution is 0.0946. The fourth-order valence-corrected chi connectivity index (χ4v) is 2.54. The Kier molecular flexibility index (Phi) is 3.24. The van der Waals surface area contributed by atoms with Gasteiger partial charge in [-0.2, -0.15) is 5.10 Å². The maximum absolute atomic E-state index is 12.3. The average Bonchev–Trinajstić information content (AvgIpc) is 2.98. The Bertz CT molecular complexity index is 992. The smallest absolute Gasteiger partial charge is 0.270 e. The molecule has 112 valence electrons. The molecule has 23 heavy (non-hydrogen) atoms. The summed E-state index contributed by atoms with van der Waals surface area (Å²) < 4.78 is 1.69. The van der Waals surface area contributed by atoms with Gasteiger partial charge in [0.1, 0.15) is 5.69 Å². The monoisotopic (exact) mass is 302 g/mol. The van der Waals surface area contributed by atoms with E-state index in [4.69, 9.17) is 0 Å². The zero-order valence-corrected chi connectivity index (χ0v) is 12.3. The van der Waals surface area contributed by atoms with E-state index in [0.717, 1.165) is 16.5 Å². The molecule has 2 heterocycles. The highest BCUT2D eigenvalue weighted by Crippen LogP contribution is 2.17. The van der Waals surface area contributed by atoms with Gasteiger partial charge >= 0.3 is 0 Å². The number of fused-ring (bicyclic) bond motifs is 3. The van der Waals surface area contributed by atoms with Gasteiger partial charge in [0.15, 0.2) is 5.65 Å². The van der Waals surface area contributed by atoms with Gasteiger partial charge in [-0.3, -0.25) is 4.79 Å². The first kappa shape index (κ1) is 13.5. The van der Waals surface area contributed by atoms with Crippen LogP contribution in [-0.2, 0) is 6.54 Å². The van der Waals surface area contributed by atoms with Gasteiger partial charge in [-0.1, -0.05) is 42.5 Å². The Morgan fingerprint density at radius 3 is 2.65 bits per heavy atom. The van der Waals surface area contributed by atoms with E-state index in [1.54, 1.807) is 16.8 Å². The summed E-state index contributed by atoms with van der Waals surface area (Å²) in [5, 5.41) is 8.26. The van der Waals surface area contributed by atoms with Gasteiger partial charge in [0.05, 0.1) is 5.52 Å². The van der Waals surface area contributed by atoms with Gasteiger partial charge in [-0.25, -0.2) is 9.50 Å². The largest absolute Gasteiger partial charge is 0.347 e. The lowest BCUT2D eigenvalue weighted by Gasteiger charge is -2.05. The Hall–Kier alpha value is -3.21. The lowest BCUT2D eigenvalue weighted by Crippen LogP contribution is -2.24. The van der Waals surface area contributed by atoms with Crippen LogP contribution in [0.15, 0.2) is 66.9 Å². The molecule has 0 bridgehead atoms. The Morgan fingerprint density at radius 1 is 1.00 bits per heavy atom. The molecule has 0 aliphatic rings. The van der Waals surface area contributed by atoms with Gasteiger partial charge in [0.25, 0.3) is 5.91 Å². The van der Waals surface area contributed by atoms with E-state index in [1.807, 2.05) is 54.6 Å². The molecule has 0 saturated carbocycles. The fourth-order valence-electron chi connectivity index (χ4n) is 2.54. The molecule has 1 N–H and O–H groups in total. The molecule has 0 saturated heterocycles. The minimum absolute atomic E-state index is 0.193. The summed E-state index contributed by atoms with van der Waals surface area (Å²) in [5.41, 5.74) is 2.99. The zero-order valence-electron chi connectivity index (χ0n) is 12.3. The standard InChI is InChI=1S/C18H14N4O/c23-18(19-12-13-6-2-1-3-7-13)16-10-11-22-17(20-16)14-8-4-5-9-15(14)21-22/h1-11H,12H2,(H,19,23). The highest BCUT2D eigenvalue weighted by Gasteiger charge is 2.11. The molecule has 0 radical (unpaired) electrons. The molecule has 4 aromatic rings. The third kappa shape index (κ3) is 2.53. The summed E-state index contributed by atoms with van der Waals surface area (Å²) in [6, 6.07) is 19.2. The minimum atomic E-state index is -0.193. The van der Waals surface area contributed by atoms with Gasteiger partial charge < -0.3 is 5.32 Å². The van der Waals surface area contributed by atoms with Crippen LogP contribution in [0.2, 0.25) is 0 Å². The summed E-state index contributed by atoms with van der Waals surface area (Å²) in [6.45, 7) is 0.479. The third-order valence-corrected chi connectivity index (χ3v) is 3.71. The van der Waals surface area contributed by atoms with E-state index in [1.165, 1.54) is 0 Å². The van der Waals surface area contributed by atoms with E-state index < -0.39 is 0 Å². The summed E-state index contributed by atoms with van der Waals surface area (Å²) >= 11 is 0. The van der Waals surface area contributed by atoms with Crippen LogP contribution in [-0.4, -0.2) is 20.5 Å². The Labute approximate surface area is 132 Å². The van der Waals surface area contributed by atoms with Crippen molar-refractivity contribution in [3.63, 3.8) is 0 Å². The van der Waals surface area contributed by atoms with Crippen molar-refractivity contribution in [1.29, 1.82) is 0 Å². The molecular formula is C18H14N4O. The average molecular weight is 302 g/mol. The summed E-state index contributed by atoms with van der Waals surface area (Å²) in [7, 11) is 0. The number of amides is 1. The quantitative estimate of drug-likeness (QED) is 0.633. The van der Waals surface area contributed by atoms with Crippen molar-refractivity contribution < 1.29 is 4.79 Å². The number of rotatable bonds is 3. The molecule has 5 nitrogen and oxygen atoms in total. The number of nitrogens with one attached hydrogen (secondary N) is 1. The van der Waals surface area contributed by atoms with E-state index in [9.17, 15) is 4.79 Å². The molecule has 0 unspecified atom stereocenters. The molecule has 2 aromatic carbocycles. The van der Waals surface area contributed by atoms with Crippen LogP contribution in [0.25, 0.3) is 16.6 Å². The van der Waals surface area contributed by atoms with Crippen molar-refractivity contribution in [2.45, 2.75) is 6.54 Å². The van der Waals surface area contributed by atoms with Crippen LogP contribution in [0.4, 0.5) is 0 Å². The normalized spacial score (nSPS) is 11.0. The minimum Gasteiger partial charge on any atom is -0.347 e. The van der Waals surface area contributed by atoms with Crippen molar-refractivity contribution in [3.05, 3.63) is 78.1 Å². The number of carbonyl (C=O) groups excluding carboxylic acids is 1. The first-order chi connectivity index (χ1) is 11.3. The van der Waals surface area contributed by atoms with E-state index >= 15 is 0 Å². The van der Waals surface area contributed by atoms with E-state index in [0.29, 0.717) is 17.9 Å². The van der Waals surface area contributed by atoms with Crippen molar-refractivity contribution in [1.82, 2.24) is 19.9 Å². The lowest BCUT2D eigenvalue weighted by atomic mass is 10.2. The molecule has 5 heteroatoms. The fraction of sp³-hybridized carbons (Fsp3) is 0.0556. The number of hydrogen-bond donors (Lipinski definition) is 1. The molecule has 0 fully saturated rings.